The van der Waals surface area contributed by atoms with Gasteiger partial charge in [-0.25, -0.2) is 0 Å². The molecule has 1 aromatic heterocycles. The molecular weight excluding hydrogens is 176 g/mol. The molecule has 1 aromatic rings. The van der Waals surface area contributed by atoms with Gasteiger partial charge in [-0.15, -0.1) is 0 Å². The second kappa shape index (κ2) is 5.17. The van der Waals surface area contributed by atoms with E-state index in [0.717, 1.165) is 19.7 Å². The molecule has 0 amide bonds. The molecule has 0 aromatic carbocycles. The van der Waals surface area contributed by atoms with E-state index in [2.05, 4.69) is 16.4 Å². The van der Waals surface area contributed by atoms with E-state index in [4.69, 9.17) is 4.74 Å². The molecule has 3 nitrogen and oxygen atoms in total. The Balaban J connectivity index is 1.62. The molecule has 1 saturated heterocycles. The SMILES string of the molecule is c1c[nH]c(CNCC2CCCCO2)c1. The van der Waals surface area contributed by atoms with Gasteiger partial charge in [-0.3, -0.25) is 0 Å². The number of aromatic nitrogens is 1. The molecule has 0 saturated carbocycles. The smallest absolute Gasteiger partial charge is 0.0699 e. The quantitative estimate of drug-likeness (QED) is 0.765. The lowest BCUT2D eigenvalue weighted by Gasteiger charge is -2.22. The lowest BCUT2D eigenvalue weighted by molar-refractivity contribution is 0.0167. The minimum Gasteiger partial charge on any atom is -0.377 e. The molecule has 0 aliphatic carbocycles. The minimum absolute atomic E-state index is 0.429. The highest BCUT2D eigenvalue weighted by Gasteiger charge is 2.12. The highest BCUT2D eigenvalue weighted by molar-refractivity contribution is 5.02. The molecule has 78 valence electrons. The van der Waals surface area contributed by atoms with Crippen LogP contribution in [0.3, 0.4) is 0 Å². The van der Waals surface area contributed by atoms with Gasteiger partial charge in [0.05, 0.1) is 6.10 Å². The summed E-state index contributed by atoms with van der Waals surface area (Å²) in [6, 6.07) is 4.11. The van der Waals surface area contributed by atoms with Gasteiger partial charge in [-0.05, 0) is 31.4 Å². The normalized spacial score (nSPS) is 22.4. The summed E-state index contributed by atoms with van der Waals surface area (Å²) in [6.07, 6.45) is 6.13. The van der Waals surface area contributed by atoms with E-state index in [1.54, 1.807) is 0 Å². The van der Waals surface area contributed by atoms with Gasteiger partial charge in [0, 0.05) is 31.6 Å². The van der Waals surface area contributed by atoms with Crippen molar-refractivity contribution < 1.29 is 4.74 Å². The monoisotopic (exact) mass is 194 g/mol. The molecule has 1 atom stereocenters. The van der Waals surface area contributed by atoms with Crippen LogP contribution in [-0.4, -0.2) is 24.2 Å². The Kier molecular flexibility index (Phi) is 3.60. The maximum atomic E-state index is 5.62. The van der Waals surface area contributed by atoms with Crippen molar-refractivity contribution >= 4 is 0 Å². The third-order valence-corrected chi connectivity index (χ3v) is 2.62. The second-order valence-electron chi connectivity index (χ2n) is 3.81. The Hall–Kier alpha value is -0.800. The standard InChI is InChI=1S/C11H18N2O/c1-2-7-14-11(5-1)9-12-8-10-4-3-6-13-10/h3-4,6,11-13H,1-2,5,7-9H2. The molecule has 0 radical (unpaired) electrons. The zero-order chi connectivity index (χ0) is 9.64. The van der Waals surface area contributed by atoms with Crippen molar-refractivity contribution in [1.82, 2.24) is 10.3 Å². The summed E-state index contributed by atoms with van der Waals surface area (Å²) in [7, 11) is 0. The maximum absolute atomic E-state index is 5.62. The molecule has 2 heterocycles. The van der Waals surface area contributed by atoms with Crippen molar-refractivity contribution in [2.24, 2.45) is 0 Å². The Morgan fingerprint density at radius 3 is 3.21 bits per heavy atom. The van der Waals surface area contributed by atoms with Crippen LogP contribution in [0, 0.1) is 0 Å². The predicted molar refractivity (Wildman–Crippen MR) is 56.1 cm³/mol. The van der Waals surface area contributed by atoms with Gasteiger partial charge in [0.2, 0.25) is 0 Å². The second-order valence-corrected chi connectivity index (χ2v) is 3.81. The van der Waals surface area contributed by atoms with E-state index < -0.39 is 0 Å². The first kappa shape index (κ1) is 9.74. The number of hydrogen-bond donors (Lipinski definition) is 2. The van der Waals surface area contributed by atoms with Crippen molar-refractivity contribution in [3.05, 3.63) is 24.0 Å². The molecule has 0 bridgehead atoms. The number of hydrogen-bond acceptors (Lipinski definition) is 2. The van der Waals surface area contributed by atoms with Crippen LogP contribution in [0.25, 0.3) is 0 Å². The van der Waals surface area contributed by atoms with Gasteiger partial charge in [-0.1, -0.05) is 0 Å². The predicted octanol–water partition coefficient (Wildman–Crippen LogP) is 1.67. The summed E-state index contributed by atoms with van der Waals surface area (Å²) in [5.41, 5.74) is 1.24. The number of ether oxygens (including phenoxy) is 1. The first-order valence-electron chi connectivity index (χ1n) is 5.40. The van der Waals surface area contributed by atoms with Gasteiger partial charge in [0.1, 0.15) is 0 Å². The summed E-state index contributed by atoms with van der Waals surface area (Å²) in [6.45, 7) is 2.82. The zero-order valence-electron chi connectivity index (χ0n) is 8.46. The summed E-state index contributed by atoms with van der Waals surface area (Å²) >= 11 is 0. The fraction of sp³-hybridized carbons (Fsp3) is 0.636. The van der Waals surface area contributed by atoms with E-state index in [1.165, 1.54) is 25.0 Å². The largest absolute Gasteiger partial charge is 0.377 e. The van der Waals surface area contributed by atoms with Crippen LogP contribution in [0.1, 0.15) is 25.0 Å². The van der Waals surface area contributed by atoms with Gasteiger partial charge in [0.15, 0.2) is 0 Å². The lowest BCUT2D eigenvalue weighted by Crippen LogP contribution is -2.31. The number of aromatic amines is 1. The molecule has 1 fully saturated rings. The third-order valence-electron chi connectivity index (χ3n) is 2.62. The Morgan fingerprint density at radius 2 is 2.50 bits per heavy atom. The molecule has 1 unspecified atom stereocenters. The van der Waals surface area contributed by atoms with Crippen LogP contribution in [0.15, 0.2) is 18.3 Å². The summed E-state index contributed by atoms with van der Waals surface area (Å²) in [5.74, 6) is 0. The van der Waals surface area contributed by atoms with Crippen LogP contribution in [-0.2, 0) is 11.3 Å². The van der Waals surface area contributed by atoms with Crippen LogP contribution in [0.2, 0.25) is 0 Å². The number of H-pyrrole nitrogens is 1. The third kappa shape index (κ3) is 2.86. The number of nitrogens with one attached hydrogen (secondary N) is 2. The highest BCUT2D eigenvalue weighted by Crippen LogP contribution is 2.11. The van der Waals surface area contributed by atoms with Gasteiger partial charge < -0.3 is 15.0 Å². The van der Waals surface area contributed by atoms with E-state index in [9.17, 15) is 0 Å². The fourth-order valence-corrected chi connectivity index (χ4v) is 1.81. The van der Waals surface area contributed by atoms with Crippen molar-refractivity contribution in [3.63, 3.8) is 0 Å². The minimum atomic E-state index is 0.429. The summed E-state index contributed by atoms with van der Waals surface area (Å²) in [4.78, 5) is 3.17. The molecular formula is C11H18N2O. The van der Waals surface area contributed by atoms with Gasteiger partial charge >= 0.3 is 0 Å². The van der Waals surface area contributed by atoms with Crippen molar-refractivity contribution in [1.29, 1.82) is 0 Å². The fourth-order valence-electron chi connectivity index (χ4n) is 1.81. The first-order chi connectivity index (χ1) is 6.95. The topological polar surface area (TPSA) is 37.0 Å². The van der Waals surface area contributed by atoms with E-state index in [1.807, 2.05) is 12.3 Å². The molecule has 3 heteroatoms. The molecule has 2 rings (SSSR count). The lowest BCUT2D eigenvalue weighted by atomic mass is 10.1. The summed E-state index contributed by atoms with van der Waals surface area (Å²) in [5, 5.41) is 3.40. The van der Waals surface area contributed by atoms with Crippen molar-refractivity contribution in [2.75, 3.05) is 13.2 Å². The Morgan fingerprint density at radius 1 is 1.50 bits per heavy atom. The average Bonchev–Trinajstić information content (AvgIpc) is 2.72. The number of rotatable bonds is 4. The first-order valence-corrected chi connectivity index (χ1v) is 5.40. The van der Waals surface area contributed by atoms with E-state index in [0.29, 0.717) is 6.10 Å². The van der Waals surface area contributed by atoms with Crippen LogP contribution < -0.4 is 5.32 Å². The molecule has 1 aliphatic rings. The molecule has 2 N–H and O–H groups in total. The molecule has 14 heavy (non-hydrogen) atoms. The van der Waals surface area contributed by atoms with Gasteiger partial charge in [-0.2, -0.15) is 0 Å². The van der Waals surface area contributed by atoms with Crippen LogP contribution in [0.5, 0.6) is 0 Å². The van der Waals surface area contributed by atoms with E-state index >= 15 is 0 Å². The Bertz CT molecular complexity index is 240. The van der Waals surface area contributed by atoms with Gasteiger partial charge in [0.25, 0.3) is 0 Å². The zero-order valence-corrected chi connectivity index (χ0v) is 8.46. The maximum Gasteiger partial charge on any atom is 0.0699 e. The average molecular weight is 194 g/mol. The molecule has 1 aliphatic heterocycles. The van der Waals surface area contributed by atoms with Crippen LogP contribution >= 0.6 is 0 Å². The molecule has 0 spiro atoms. The van der Waals surface area contributed by atoms with Crippen molar-refractivity contribution in [3.8, 4) is 0 Å². The van der Waals surface area contributed by atoms with Crippen LogP contribution in [0.4, 0.5) is 0 Å². The highest BCUT2D eigenvalue weighted by atomic mass is 16.5. The Labute approximate surface area is 84.9 Å². The van der Waals surface area contributed by atoms with E-state index in [-0.39, 0.29) is 0 Å². The van der Waals surface area contributed by atoms with Crippen molar-refractivity contribution in [2.45, 2.75) is 31.9 Å². The summed E-state index contributed by atoms with van der Waals surface area (Å²) < 4.78 is 5.62.